The van der Waals surface area contributed by atoms with Gasteiger partial charge in [0.1, 0.15) is 11.9 Å². The van der Waals surface area contributed by atoms with Crippen LogP contribution in [-0.2, 0) is 4.79 Å². The maximum absolute atomic E-state index is 14.2. The zero-order valence-electron chi connectivity index (χ0n) is 13.5. The van der Waals surface area contributed by atoms with Crippen LogP contribution < -0.4 is 11.1 Å². The molecule has 7 heteroatoms. The first-order valence-corrected chi connectivity index (χ1v) is 8.15. The monoisotopic (exact) mass is 332 g/mol. The van der Waals surface area contributed by atoms with E-state index in [1.807, 2.05) is 0 Å². The van der Waals surface area contributed by atoms with E-state index in [9.17, 15) is 9.18 Å². The fourth-order valence-electron chi connectivity index (χ4n) is 3.34. The minimum absolute atomic E-state index is 0.140. The normalized spacial score (nSPS) is 21.6. The lowest BCUT2D eigenvalue weighted by molar-refractivity contribution is -0.126. The van der Waals surface area contributed by atoms with Gasteiger partial charge in [-0.2, -0.15) is 4.98 Å². The second kappa shape index (κ2) is 7.09. The summed E-state index contributed by atoms with van der Waals surface area (Å²) in [5.41, 5.74) is 6.08. The number of aromatic nitrogens is 2. The number of nitrogens with one attached hydrogen (secondary N) is 1. The molecule has 0 saturated heterocycles. The van der Waals surface area contributed by atoms with E-state index < -0.39 is 11.9 Å². The Morgan fingerprint density at radius 1 is 1.46 bits per heavy atom. The predicted octanol–water partition coefficient (Wildman–Crippen LogP) is 2.10. The van der Waals surface area contributed by atoms with Gasteiger partial charge in [0.15, 0.2) is 5.82 Å². The van der Waals surface area contributed by atoms with Crippen LogP contribution in [0.25, 0.3) is 0 Å². The Labute approximate surface area is 139 Å². The minimum atomic E-state index is -0.782. The number of carbonyl (C=O) groups is 1. The number of hydrogen-bond donors (Lipinski definition) is 2. The summed E-state index contributed by atoms with van der Waals surface area (Å²) in [5.74, 6) is 0.0517. The lowest BCUT2D eigenvalue weighted by Gasteiger charge is -2.22. The van der Waals surface area contributed by atoms with Gasteiger partial charge in [0.2, 0.25) is 11.8 Å². The molecular weight excluding hydrogens is 311 g/mol. The number of hydrogen-bond acceptors (Lipinski definition) is 5. The molecule has 0 aliphatic heterocycles. The van der Waals surface area contributed by atoms with Crippen molar-refractivity contribution >= 4 is 5.91 Å². The van der Waals surface area contributed by atoms with Crippen molar-refractivity contribution in [3.8, 4) is 0 Å². The number of nitrogens with two attached hydrogens (primary N) is 1. The largest absolute Gasteiger partial charge is 0.342 e. The predicted molar refractivity (Wildman–Crippen MR) is 85.3 cm³/mol. The van der Waals surface area contributed by atoms with Gasteiger partial charge >= 0.3 is 0 Å². The number of rotatable bonds is 5. The van der Waals surface area contributed by atoms with Crippen LogP contribution in [0.15, 0.2) is 28.8 Å². The highest BCUT2D eigenvalue weighted by Crippen LogP contribution is 2.32. The average molecular weight is 332 g/mol. The molecule has 128 valence electrons. The molecule has 0 bridgehead atoms. The summed E-state index contributed by atoms with van der Waals surface area (Å²) in [6, 6.07) is 5.49. The zero-order chi connectivity index (χ0) is 17.1. The molecule has 3 atom stereocenters. The Morgan fingerprint density at radius 3 is 2.92 bits per heavy atom. The van der Waals surface area contributed by atoms with Crippen LogP contribution in [0.3, 0.4) is 0 Å². The lowest BCUT2D eigenvalue weighted by atomic mass is 9.94. The van der Waals surface area contributed by atoms with E-state index in [1.165, 1.54) is 6.07 Å². The Morgan fingerprint density at radius 2 is 2.25 bits per heavy atom. The van der Waals surface area contributed by atoms with E-state index >= 15 is 0 Å². The molecule has 3 N–H and O–H groups in total. The summed E-state index contributed by atoms with van der Waals surface area (Å²) in [6.07, 6.45) is 2.72. The van der Waals surface area contributed by atoms with Gasteiger partial charge in [-0.3, -0.25) is 4.79 Å². The van der Waals surface area contributed by atoms with Crippen molar-refractivity contribution in [1.82, 2.24) is 15.5 Å². The quantitative estimate of drug-likeness (QED) is 0.874. The molecule has 24 heavy (non-hydrogen) atoms. The number of aryl methyl sites for hydroxylation is 1. The Balaban J connectivity index is 1.88. The van der Waals surface area contributed by atoms with Crippen LogP contribution >= 0.6 is 0 Å². The van der Waals surface area contributed by atoms with Crippen molar-refractivity contribution < 1.29 is 13.7 Å². The first-order valence-electron chi connectivity index (χ1n) is 8.15. The van der Waals surface area contributed by atoms with E-state index in [0.29, 0.717) is 18.0 Å². The van der Waals surface area contributed by atoms with Gasteiger partial charge in [-0.25, -0.2) is 4.39 Å². The molecule has 1 aromatic heterocycles. The van der Waals surface area contributed by atoms with Crippen molar-refractivity contribution in [2.45, 2.75) is 32.2 Å². The molecular formula is C17H21FN4O2. The standard InChI is InChI=1S/C17H21FN4O2/c1-10-20-16(22-24-10)15(13-6-2-3-8-14(13)18)21-17(23)12-7-4-5-11(12)9-19/h2-3,6,8,11-12,15H,4-5,7,9,19H2,1H3,(H,21,23)/t11-,12-,15?/m1/s1. The third kappa shape index (κ3) is 3.31. The van der Waals surface area contributed by atoms with Gasteiger partial charge < -0.3 is 15.6 Å². The molecule has 1 aliphatic carbocycles. The number of nitrogens with zero attached hydrogens (tertiary/aromatic N) is 2. The highest BCUT2D eigenvalue weighted by atomic mass is 19.1. The van der Waals surface area contributed by atoms with Gasteiger partial charge in [-0.05, 0) is 31.4 Å². The Kier molecular flexibility index (Phi) is 4.89. The molecule has 1 aromatic carbocycles. The minimum Gasteiger partial charge on any atom is -0.342 e. The van der Waals surface area contributed by atoms with Crippen molar-refractivity contribution in [2.24, 2.45) is 17.6 Å². The molecule has 3 rings (SSSR count). The van der Waals surface area contributed by atoms with Gasteiger partial charge in [0.05, 0.1) is 0 Å². The average Bonchev–Trinajstić information content (AvgIpc) is 3.22. The molecule has 0 radical (unpaired) electrons. The first kappa shape index (κ1) is 16.6. The summed E-state index contributed by atoms with van der Waals surface area (Å²) >= 11 is 0. The fourth-order valence-corrected chi connectivity index (χ4v) is 3.34. The smallest absolute Gasteiger partial charge is 0.224 e. The maximum Gasteiger partial charge on any atom is 0.224 e. The number of benzene rings is 1. The van der Waals surface area contributed by atoms with Gasteiger partial charge in [0.25, 0.3) is 0 Å². The van der Waals surface area contributed by atoms with E-state index in [4.69, 9.17) is 10.3 Å². The third-order valence-electron chi connectivity index (χ3n) is 4.60. The topological polar surface area (TPSA) is 94.0 Å². The first-order chi connectivity index (χ1) is 11.6. The van der Waals surface area contributed by atoms with Crippen molar-refractivity contribution in [3.63, 3.8) is 0 Å². The Bertz CT molecular complexity index is 718. The van der Waals surface area contributed by atoms with Crippen LogP contribution in [-0.4, -0.2) is 22.6 Å². The molecule has 6 nitrogen and oxygen atoms in total. The van der Waals surface area contributed by atoms with Gasteiger partial charge in [0, 0.05) is 18.4 Å². The van der Waals surface area contributed by atoms with E-state index in [-0.39, 0.29) is 23.6 Å². The summed E-state index contributed by atoms with van der Waals surface area (Å²) in [6.45, 7) is 2.13. The molecule has 1 saturated carbocycles. The van der Waals surface area contributed by atoms with Crippen LogP contribution in [0, 0.1) is 24.6 Å². The zero-order valence-corrected chi connectivity index (χ0v) is 13.5. The molecule has 0 spiro atoms. The van der Waals surface area contributed by atoms with E-state index in [1.54, 1.807) is 25.1 Å². The molecule has 1 unspecified atom stereocenters. The third-order valence-corrected chi connectivity index (χ3v) is 4.60. The SMILES string of the molecule is Cc1nc(C(NC(=O)[C@@H]2CCC[C@@H]2CN)c2ccccc2F)no1. The van der Waals surface area contributed by atoms with Crippen molar-refractivity contribution in [1.29, 1.82) is 0 Å². The van der Waals surface area contributed by atoms with Crippen LogP contribution in [0.2, 0.25) is 0 Å². The second-order valence-electron chi connectivity index (χ2n) is 6.17. The van der Waals surface area contributed by atoms with Crippen LogP contribution in [0.4, 0.5) is 4.39 Å². The van der Waals surface area contributed by atoms with Gasteiger partial charge in [-0.15, -0.1) is 0 Å². The highest BCUT2D eigenvalue weighted by Gasteiger charge is 2.34. The molecule has 1 heterocycles. The fraction of sp³-hybridized carbons (Fsp3) is 0.471. The van der Waals surface area contributed by atoms with Gasteiger partial charge in [-0.1, -0.05) is 29.8 Å². The number of amides is 1. The van der Waals surface area contributed by atoms with Crippen molar-refractivity contribution in [3.05, 3.63) is 47.4 Å². The molecule has 1 fully saturated rings. The molecule has 2 aromatic rings. The molecule has 1 aliphatic rings. The molecule has 1 amide bonds. The van der Waals surface area contributed by atoms with Crippen molar-refractivity contribution in [2.75, 3.05) is 6.54 Å². The summed E-state index contributed by atoms with van der Waals surface area (Å²) in [4.78, 5) is 16.9. The number of halogens is 1. The Hall–Kier alpha value is -2.28. The maximum atomic E-state index is 14.2. The summed E-state index contributed by atoms with van der Waals surface area (Å²) in [5, 5.41) is 6.75. The van der Waals surface area contributed by atoms with Crippen LogP contribution in [0.1, 0.15) is 42.6 Å². The van der Waals surface area contributed by atoms with E-state index in [0.717, 1.165) is 19.3 Å². The second-order valence-corrected chi connectivity index (χ2v) is 6.17. The summed E-state index contributed by atoms with van der Waals surface area (Å²) in [7, 11) is 0. The highest BCUT2D eigenvalue weighted by molar-refractivity contribution is 5.80. The van der Waals surface area contributed by atoms with Crippen LogP contribution in [0.5, 0.6) is 0 Å². The number of carbonyl (C=O) groups excluding carboxylic acids is 1. The summed E-state index contributed by atoms with van der Waals surface area (Å²) < 4.78 is 19.2. The lowest BCUT2D eigenvalue weighted by Crippen LogP contribution is -2.38. The van der Waals surface area contributed by atoms with E-state index in [2.05, 4.69) is 15.5 Å².